The van der Waals surface area contributed by atoms with E-state index >= 15 is 0 Å². The van der Waals surface area contributed by atoms with Crippen molar-refractivity contribution in [2.24, 2.45) is 0 Å². The number of nitrogens with one attached hydrogen (secondary N) is 1. The first kappa shape index (κ1) is 14.1. The van der Waals surface area contributed by atoms with Gasteiger partial charge in [0, 0.05) is 6.54 Å². The third-order valence-corrected chi connectivity index (χ3v) is 2.96. The fourth-order valence-electron chi connectivity index (χ4n) is 1.92. The third-order valence-electron chi connectivity index (χ3n) is 2.96. The quantitative estimate of drug-likeness (QED) is 0.876. The number of rotatable bonds is 6. The standard InChI is InChI=1S/C15H19N3O2/c1-11-8-15(18-17-10-11)16-7-6-12-4-5-13(19-2)14(9-12)20-3/h4-5,8-10H,6-7H2,1-3H3,(H,16,18). The van der Waals surface area contributed by atoms with Crippen molar-refractivity contribution in [2.45, 2.75) is 13.3 Å². The number of methoxy groups -OCH3 is 2. The Morgan fingerprint density at radius 1 is 1.10 bits per heavy atom. The Bertz CT molecular complexity index is 573. The van der Waals surface area contributed by atoms with E-state index < -0.39 is 0 Å². The van der Waals surface area contributed by atoms with E-state index in [0.717, 1.165) is 35.8 Å². The summed E-state index contributed by atoms with van der Waals surface area (Å²) < 4.78 is 10.5. The number of aryl methyl sites for hydroxylation is 1. The van der Waals surface area contributed by atoms with Gasteiger partial charge in [-0.2, -0.15) is 5.10 Å². The summed E-state index contributed by atoms with van der Waals surface area (Å²) in [5.41, 5.74) is 2.27. The van der Waals surface area contributed by atoms with E-state index in [-0.39, 0.29) is 0 Å². The lowest BCUT2D eigenvalue weighted by Gasteiger charge is -2.10. The van der Waals surface area contributed by atoms with Crippen LogP contribution in [-0.4, -0.2) is 31.0 Å². The summed E-state index contributed by atoms with van der Waals surface area (Å²) in [6.45, 7) is 2.78. The summed E-state index contributed by atoms with van der Waals surface area (Å²) in [7, 11) is 3.28. The van der Waals surface area contributed by atoms with E-state index in [1.165, 1.54) is 5.56 Å². The molecule has 0 aliphatic rings. The molecule has 1 aromatic carbocycles. The van der Waals surface area contributed by atoms with Crippen LogP contribution in [0.3, 0.4) is 0 Å². The molecule has 0 radical (unpaired) electrons. The molecule has 0 aliphatic heterocycles. The van der Waals surface area contributed by atoms with Gasteiger partial charge in [-0.05, 0) is 42.7 Å². The fraction of sp³-hybridized carbons (Fsp3) is 0.333. The number of anilines is 1. The second-order valence-electron chi connectivity index (χ2n) is 4.48. The van der Waals surface area contributed by atoms with Gasteiger partial charge in [-0.25, -0.2) is 0 Å². The molecule has 0 amide bonds. The number of aromatic nitrogens is 2. The van der Waals surface area contributed by atoms with Crippen LogP contribution in [0.25, 0.3) is 0 Å². The second kappa shape index (κ2) is 6.75. The Labute approximate surface area is 118 Å². The largest absolute Gasteiger partial charge is 0.493 e. The minimum absolute atomic E-state index is 0.744. The first-order valence-corrected chi connectivity index (χ1v) is 6.47. The molecule has 0 saturated heterocycles. The molecule has 20 heavy (non-hydrogen) atoms. The van der Waals surface area contributed by atoms with E-state index in [4.69, 9.17) is 9.47 Å². The van der Waals surface area contributed by atoms with Crippen LogP contribution < -0.4 is 14.8 Å². The zero-order valence-electron chi connectivity index (χ0n) is 12.0. The first-order valence-electron chi connectivity index (χ1n) is 6.47. The topological polar surface area (TPSA) is 56.3 Å². The number of nitrogens with zero attached hydrogens (tertiary/aromatic N) is 2. The maximum Gasteiger partial charge on any atom is 0.160 e. The molecule has 5 heteroatoms. The third kappa shape index (κ3) is 3.60. The average molecular weight is 273 g/mol. The number of hydrogen-bond donors (Lipinski definition) is 1. The van der Waals surface area contributed by atoms with Gasteiger partial charge in [-0.1, -0.05) is 6.07 Å². The monoisotopic (exact) mass is 273 g/mol. The summed E-state index contributed by atoms with van der Waals surface area (Å²) in [6, 6.07) is 7.91. The van der Waals surface area contributed by atoms with Crippen LogP contribution >= 0.6 is 0 Å². The summed E-state index contributed by atoms with van der Waals surface area (Å²) in [5, 5.41) is 11.2. The van der Waals surface area contributed by atoms with E-state index in [2.05, 4.69) is 15.5 Å². The van der Waals surface area contributed by atoms with Gasteiger partial charge in [0.25, 0.3) is 0 Å². The summed E-state index contributed by atoms with van der Waals surface area (Å²) in [6.07, 6.45) is 2.61. The summed E-state index contributed by atoms with van der Waals surface area (Å²) in [5.74, 6) is 2.29. The van der Waals surface area contributed by atoms with Crippen LogP contribution in [0.5, 0.6) is 11.5 Å². The molecule has 0 saturated carbocycles. The molecule has 0 bridgehead atoms. The van der Waals surface area contributed by atoms with Gasteiger partial charge in [-0.3, -0.25) is 0 Å². The van der Waals surface area contributed by atoms with Crippen molar-refractivity contribution in [1.82, 2.24) is 10.2 Å². The number of hydrogen-bond acceptors (Lipinski definition) is 5. The van der Waals surface area contributed by atoms with Gasteiger partial charge >= 0.3 is 0 Å². The molecule has 0 spiro atoms. The number of benzene rings is 1. The molecule has 1 aromatic heterocycles. The molecule has 0 fully saturated rings. The van der Waals surface area contributed by atoms with Gasteiger partial charge in [0.2, 0.25) is 0 Å². The maximum atomic E-state index is 5.29. The van der Waals surface area contributed by atoms with Crippen molar-refractivity contribution in [3.8, 4) is 11.5 Å². The Balaban J connectivity index is 1.94. The Morgan fingerprint density at radius 3 is 2.60 bits per heavy atom. The molecular weight excluding hydrogens is 254 g/mol. The van der Waals surface area contributed by atoms with Crippen molar-refractivity contribution in [3.63, 3.8) is 0 Å². The Hall–Kier alpha value is -2.30. The highest BCUT2D eigenvalue weighted by molar-refractivity contribution is 5.43. The second-order valence-corrected chi connectivity index (χ2v) is 4.48. The summed E-state index contributed by atoms with van der Waals surface area (Å²) >= 11 is 0. The van der Waals surface area contributed by atoms with Crippen LogP contribution in [0.1, 0.15) is 11.1 Å². The number of ether oxygens (including phenoxy) is 2. The predicted octanol–water partition coefficient (Wildman–Crippen LogP) is 2.46. The SMILES string of the molecule is COc1ccc(CCNc2cc(C)cnn2)cc1OC. The first-order chi connectivity index (χ1) is 9.72. The van der Waals surface area contributed by atoms with E-state index in [1.54, 1.807) is 20.4 Å². The molecule has 2 rings (SSSR count). The smallest absolute Gasteiger partial charge is 0.160 e. The maximum absolute atomic E-state index is 5.29. The highest BCUT2D eigenvalue weighted by Crippen LogP contribution is 2.27. The van der Waals surface area contributed by atoms with Crippen molar-refractivity contribution in [2.75, 3.05) is 26.1 Å². The van der Waals surface area contributed by atoms with Crippen molar-refractivity contribution in [3.05, 3.63) is 41.6 Å². The highest BCUT2D eigenvalue weighted by atomic mass is 16.5. The van der Waals surface area contributed by atoms with Crippen LogP contribution in [0, 0.1) is 6.92 Å². The summed E-state index contributed by atoms with van der Waals surface area (Å²) in [4.78, 5) is 0. The van der Waals surface area contributed by atoms with Gasteiger partial charge in [0.15, 0.2) is 11.5 Å². The molecule has 2 aromatic rings. The van der Waals surface area contributed by atoms with Gasteiger partial charge < -0.3 is 14.8 Å². The highest BCUT2D eigenvalue weighted by Gasteiger charge is 2.04. The lowest BCUT2D eigenvalue weighted by Crippen LogP contribution is -2.07. The lowest BCUT2D eigenvalue weighted by atomic mass is 10.1. The van der Waals surface area contributed by atoms with Crippen molar-refractivity contribution < 1.29 is 9.47 Å². The molecule has 1 N–H and O–H groups in total. The molecule has 0 atom stereocenters. The molecular formula is C15H19N3O2. The molecule has 0 unspecified atom stereocenters. The van der Waals surface area contributed by atoms with Gasteiger partial charge in [-0.15, -0.1) is 5.10 Å². The van der Waals surface area contributed by atoms with Crippen molar-refractivity contribution in [1.29, 1.82) is 0 Å². The Morgan fingerprint density at radius 2 is 1.90 bits per heavy atom. The van der Waals surface area contributed by atoms with Gasteiger partial charge in [0.1, 0.15) is 5.82 Å². The molecule has 0 aliphatic carbocycles. The average Bonchev–Trinajstić information content (AvgIpc) is 2.47. The zero-order chi connectivity index (χ0) is 14.4. The minimum Gasteiger partial charge on any atom is -0.493 e. The van der Waals surface area contributed by atoms with E-state index in [0.29, 0.717) is 0 Å². The van der Waals surface area contributed by atoms with Crippen LogP contribution in [0.15, 0.2) is 30.5 Å². The molecule has 1 heterocycles. The van der Waals surface area contributed by atoms with Crippen LogP contribution in [-0.2, 0) is 6.42 Å². The lowest BCUT2D eigenvalue weighted by molar-refractivity contribution is 0.354. The van der Waals surface area contributed by atoms with Crippen molar-refractivity contribution >= 4 is 5.82 Å². The molecule has 5 nitrogen and oxygen atoms in total. The van der Waals surface area contributed by atoms with Crippen LogP contribution in [0.4, 0.5) is 5.82 Å². The predicted molar refractivity (Wildman–Crippen MR) is 78.5 cm³/mol. The molecule has 106 valence electrons. The minimum atomic E-state index is 0.744. The van der Waals surface area contributed by atoms with E-state index in [9.17, 15) is 0 Å². The van der Waals surface area contributed by atoms with Crippen LogP contribution in [0.2, 0.25) is 0 Å². The zero-order valence-corrected chi connectivity index (χ0v) is 12.0. The van der Waals surface area contributed by atoms with Gasteiger partial charge in [0.05, 0.1) is 20.4 Å². The normalized spacial score (nSPS) is 10.2. The fourth-order valence-corrected chi connectivity index (χ4v) is 1.92. The Kier molecular flexibility index (Phi) is 4.76. The van der Waals surface area contributed by atoms with E-state index in [1.807, 2.05) is 31.2 Å².